The Bertz CT molecular complexity index is 465. The Morgan fingerprint density at radius 2 is 1.65 bits per heavy atom. The number of nitrogens with one attached hydrogen (secondary N) is 1. The van der Waals surface area contributed by atoms with Crippen LogP contribution in [0.4, 0.5) is 0 Å². The minimum atomic E-state index is -2.31. The molecule has 0 spiro atoms. The number of carboxylic acids is 1. The molecule has 0 aromatic carbocycles. The number of carbonyl (C=O) groups excluding carboxylic acids is 2. The van der Waals surface area contributed by atoms with E-state index in [1.54, 1.807) is 5.32 Å². The van der Waals surface area contributed by atoms with Gasteiger partial charge in [0.05, 0.1) is 6.61 Å². The monoisotopic (exact) mass is 336 g/mol. The van der Waals surface area contributed by atoms with E-state index < -0.39 is 48.8 Å². The van der Waals surface area contributed by atoms with Crippen molar-refractivity contribution < 1.29 is 45.0 Å². The smallest absolute Gasteiger partial charge is 0.328 e. The lowest BCUT2D eigenvalue weighted by Crippen LogP contribution is -2.52. The van der Waals surface area contributed by atoms with Crippen LogP contribution in [0.2, 0.25) is 0 Å². The molecule has 9 N–H and O–H groups in total. The number of hydrogen-bond acceptors (Lipinski definition) is 9. The highest BCUT2D eigenvalue weighted by Gasteiger charge is 2.35. The second kappa shape index (κ2) is 9.99. The summed E-state index contributed by atoms with van der Waals surface area (Å²) in [6.45, 7) is -1.01. The molecule has 0 unspecified atom stereocenters. The van der Waals surface area contributed by atoms with Crippen molar-refractivity contribution >= 4 is 17.8 Å². The van der Waals surface area contributed by atoms with Gasteiger partial charge in [0.1, 0.15) is 18.3 Å². The van der Waals surface area contributed by atoms with Crippen LogP contribution in [-0.2, 0) is 14.4 Å². The summed E-state index contributed by atoms with van der Waals surface area (Å²) in [5, 5.41) is 56.3. The first-order valence-electron chi connectivity index (χ1n) is 6.47. The Balaban J connectivity index is 4.90. The SMILES string of the molecule is NCC/C(=C/C(=O)O)C(=O)NC(=O)[C@H](O)[C@@H](O)[C@H](O)[C@H](O)CO. The molecule has 0 aromatic heterocycles. The van der Waals surface area contributed by atoms with Gasteiger partial charge in [-0.3, -0.25) is 14.9 Å². The molecule has 0 bridgehead atoms. The number of nitrogens with two attached hydrogens (primary N) is 1. The summed E-state index contributed by atoms with van der Waals surface area (Å²) in [5.41, 5.74) is 4.86. The van der Waals surface area contributed by atoms with Gasteiger partial charge in [0.15, 0.2) is 6.10 Å². The Morgan fingerprint density at radius 3 is 2.09 bits per heavy atom. The van der Waals surface area contributed by atoms with Crippen molar-refractivity contribution in [1.82, 2.24) is 5.32 Å². The Kier molecular flexibility index (Phi) is 9.17. The fourth-order valence-corrected chi connectivity index (χ4v) is 1.50. The van der Waals surface area contributed by atoms with E-state index in [2.05, 4.69) is 0 Å². The van der Waals surface area contributed by atoms with E-state index in [-0.39, 0.29) is 18.5 Å². The molecule has 11 nitrogen and oxygen atoms in total. The molecule has 0 aliphatic rings. The molecular formula is C12H20N2O9. The number of amides is 2. The van der Waals surface area contributed by atoms with Gasteiger partial charge in [-0.25, -0.2) is 4.79 Å². The predicted molar refractivity (Wildman–Crippen MR) is 73.7 cm³/mol. The van der Waals surface area contributed by atoms with Crippen LogP contribution in [0.25, 0.3) is 0 Å². The molecule has 0 saturated heterocycles. The highest BCUT2D eigenvalue weighted by Crippen LogP contribution is 2.06. The molecule has 0 aliphatic carbocycles. The van der Waals surface area contributed by atoms with Crippen LogP contribution in [0.15, 0.2) is 11.6 Å². The number of imide groups is 1. The Hall–Kier alpha value is -1.89. The van der Waals surface area contributed by atoms with Crippen molar-refractivity contribution in [3.8, 4) is 0 Å². The van der Waals surface area contributed by atoms with Crippen LogP contribution < -0.4 is 11.1 Å². The van der Waals surface area contributed by atoms with E-state index >= 15 is 0 Å². The number of carboxylic acid groups (broad SMARTS) is 1. The largest absolute Gasteiger partial charge is 0.478 e. The zero-order valence-corrected chi connectivity index (χ0v) is 12.0. The average Bonchev–Trinajstić information content (AvgIpc) is 2.50. The van der Waals surface area contributed by atoms with Crippen LogP contribution in [0.1, 0.15) is 6.42 Å². The second-order valence-corrected chi connectivity index (χ2v) is 4.54. The summed E-state index contributed by atoms with van der Waals surface area (Å²) >= 11 is 0. The second-order valence-electron chi connectivity index (χ2n) is 4.54. The van der Waals surface area contributed by atoms with Crippen LogP contribution in [0.3, 0.4) is 0 Å². The molecule has 11 heteroatoms. The van der Waals surface area contributed by atoms with Crippen LogP contribution in [-0.4, -0.2) is 86.0 Å². The molecule has 0 saturated carbocycles. The third-order valence-corrected chi connectivity index (χ3v) is 2.76. The van der Waals surface area contributed by atoms with Crippen molar-refractivity contribution in [3.63, 3.8) is 0 Å². The summed E-state index contributed by atoms with van der Waals surface area (Å²) in [6.07, 6.45) is -7.99. The van der Waals surface area contributed by atoms with Gasteiger partial charge >= 0.3 is 5.97 Å². The number of rotatable bonds is 9. The highest BCUT2D eigenvalue weighted by atomic mass is 16.4. The first-order chi connectivity index (χ1) is 10.6. The molecule has 2 amide bonds. The number of carbonyl (C=O) groups is 3. The molecule has 0 fully saturated rings. The normalized spacial score (nSPS) is 17.0. The molecule has 0 radical (unpaired) electrons. The number of aliphatic hydroxyl groups is 5. The number of aliphatic carboxylic acids is 1. The van der Waals surface area contributed by atoms with E-state index in [1.165, 1.54) is 0 Å². The first-order valence-corrected chi connectivity index (χ1v) is 6.47. The molecule has 132 valence electrons. The lowest BCUT2D eigenvalue weighted by molar-refractivity contribution is -0.150. The highest BCUT2D eigenvalue weighted by molar-refractivity contribution is 6.07. The fraction of sp³-hybridized carbons (Fsp3) is 0.583. The summed E-state index contributed by atoms with van der Waals surface area (Å²) in [4.78, 5) is 33.9. The van der Waals surface area contributed by atoms with E-state index in [0.717, 1.165) is 0 Å². The maximum absolute atomic E-state index is 11.7. The first kappa shape index (κ1) is 21.1. The van der Waals surface area contributed by atoms with Gasteiger partial charge in [-0.1, -0.05) is 0 Å². The molecule has 0 heterocycles. The molecule has 4 atom stereocenters. The topological polar surface area (TPSA) is 211 Å². The summed E-state index contributed by atoms with van der Waals surface area (Å²) < 4.78 is 0. The standard InChI is InChI=1S/C12H20N2O9/c13-2-1-5(3-7(17)18)11(22)14-12(23)10(21)9(20)8(19)6(16)4-15/h3,6,8-10,15-16,19-21H,1-2,4,13H2,(H,17,18)(H,14,22,23)/b5-3-/t6-,8-,9+,10-/m1/s1. The van der Waals surface area contributed by atoms with E-state index in [1.807, 2.05) is 0 Å². The van der Waals surface area contributed by atoms with E-state index in [4.69, 9.17) is 21.1 Å². The van der Waals surface area contributed by atoms with Crippen molar-refractivity contribution in [2.45, 2.75) is 30.8 Å². The van der Waals surface area contributed by atoms with Gasteiger partial charge in [0.2, 0.25) is 0 Å². The van der Waals surface area contributed by atoms with E-state index in [9.17, 15) is 29.7 Å². The third-order valence-electron chi connectivity index (χ3n) is 2.76. The molecule has 0 aliphatic heterocycles. The third kappa shape index (κ3) is 6.81. The Labute approximate surface area is 130 Å². The zero-order chi connectivity index (χ0) is 18.2. The summed E-state index contributed by atoms with van der Waals surface area (Å²) in [7, 11) is 0. The molecule has 0 rings (SSSR count). The fourth-order valence-electron chi connectivity index (χ4n) is 1.50. The predicted octanol–water partition coefficient (Wildman–Crippen LogP) is -4.58. The van der Waals surface area contributed by atoms with Crippen molar-refractivity contribution in [2.24, 2.45) is 5.73 Å². The van der Waals surface area contributed by atoms with Gasteiger partial charge in [0, 0.05) is 11.6 Å². The Morgan fingerprint density at radius 1 is 1.09 bits per heavy atom. The van der Waals surface area contributed by atoms with Gasteiger partial charge in [-0.15, -0.1) is 0 Å². The number of hydrogen-bond donors (Lipinski definition) is 8. The van der Waals surface area contributed by atoms with Gasteiger partial charge in [-0.05, 0) is 13.0 Å². The van der Waals surface area contributed by atoms with Gasteiger partial charge in [-0.2, -0.15) is 0 Å². The van der Waals surface area contributed by atoms with Gasteiger partial charge < -0.3 is 36.4 Å². The van der Waals surface area contributed by atoms with Crippen LogP contribution in [0.5, 0.6) is 0 Å². The van der Waals surface area contributed by atoms with Crippen molar-refractivity contribution in [3.05, 3.63) is 11.6 Å². The van der Waals surface area contributed by atoms with Gasteiger partial charge in [0.25, 0.3) is 11.8 Å². The van der Waals surface area contributed by atoms with Crippen LogP contribution >= 0.6 is 0 Å². The average molecular weight is 336 g/mol. The number of aliphatic hydroxyl groups excluding tert-OH is 5. The molecule has 23 heavy (non-hydrogen) atoms. The van der Waals surface area contributed by atoms with Crippen molar-refractivity contribution in [1.29, 1.82) is 0 Å². The zero-order valence-electron chi connectivity index (χ0n) is 12.0. The van der Waals surface area contributed by atoms with Crippen LogP contribution in [0, 0.1) is 0 Å². The lowest BCUT2D eigenvalue weighted by Gasteiger charge is -2.24. The summed E-state index contributed by atoms with van der Waals surface area (Å²) in [5.74, 6) is -4.02. The van der Waals surface area contributed by atoms with E-state index in [0.29, 0.717) is 6.08 Å². The summed E-state index contributed by atoms with van der Waals surface area (Å²) in [6, 6.07) is 0. The maximum atomic E-state index is 11.7. The molecule has 0 aromatic rings. The maximum Gasteiger partial charge on any atom is 0.328 e. The lowest BCUT2D eigenvalue weighted by atomic mass is 10.0. The molecular weight excluding hydrogens is 316 g/mol. The van der Waals surface area contributed by atoms with Crippen molar-refractivity contribution in [2.75, 3.05) is 13.2 Å². The minimum absolute atomic E-state index is 0.0761. The minimum Gasteiger partial charge on any atom is -0.478 e. The quantitative estimate of drug-likeness (QED) is 0.189.